The van der Waals surface area contributed by atoms with Gasteiger partial charge in [-0.2, -0.15) is 5.26 Å². The summed E-state index contributed by atoms with van der Waals surface area (Å²) in [4.78, 5) is 12.8. The van der Waals surface area contributed by atoms with Crippen molar-refractivity contribution in [2.75, 3.05) is 13.7 Å². The average molecular weight is 430 g/mol. The molecule has 6 heteroatoms. The summed E-state index contributed by atoms with van der Waals surface area (Å²) in [6.07, 6.45) is -0.337. The minimum atomic E-state index is -0.816. The molecule has 2 atom stereocenters. The summed E-state index contributed by atoms with van der Waals surface area (Å²) in [5.74, 6) is 0.452. The third-order valence-electron chi connectivity index (χ3n) is 5.15. The molecule has 6 nitrogen and oxygen atoms in total. The van der Waals surface area contributed by atoms with Gasteiger partial charge in [-0.05, 0) is 47.9 Å². The Kier molecular flexibility index (Phi) is 8.38. The van der Waals surface area contributed by atoms with Crippen LogP contribution in [0.2, 0.25) is 0 Å². The fourth-order valence-corrected chi connectivity index (χ4v) is 3.42. The maximum Gasteiger partial charge on any atom is 0.251 e. The van der Waals surface area contributed by atoms with Crippen LogP contribution in [0.3, 0.4) is 0 Å². The number of nitrogens with zero attached hydrogens (tertiary/aromatic N) is 1. The number of carbonyl (C=O) groups is 1. The van der Waals surface area contributed by atoms with Crippen LogP contribution in [0.5, 0.6) is 5.75 Å². The quantitative estimate of drug-likeness (QED) is 0.461. The van der Waals surface area contributed by atoms with Crippen LogP contribution in [-0.4, -0.2) is 36.8 Å². The Hall–Kier alpha value is -3.66. The molecule has 0 bridgehead atoms. The molecule has 0 fully saturated rings. The normalized spacial score (nSPS) is 12.4. The van der Waals surface area contributed by atoms with Gasteiger partial charge in [0.2, 0.25) is 0 Å². The number of aliphatic hydroxyl groups is 1. The van der Waals surface area contributed by atoms with E-state index in [1.54, 1.807) is 31.4 Å². The highest BCUT2D eigenvalue weighted by Crippen LogP contribution is 2.13. The van der Waals surface area contributed by atoms with Crippen molar-refractivity contribution in [3.63, 3.8) is 0 Å². The predicted octanol–water partition coefficient (Wildman–Crippen LogP) is 3.06. The number of nitriles is 1. The molecular formula is C26H27N3O3. The van der Waals surface area contributed by atoms with E-state index in [4.69, 9.17) is 10.00 Å². The third-order valence-corrected chi connectivity index (χ3v) is 5.15. The first-order valence-corrected chi connectivity index (χ1v) is 10.5. The van der Waals surface area contributed by atoms with E-state index in [2.05, 4.69) is 10.6 Å². The lowest BCUT2D eigenvalue weighted by atomic mass is 10.00. The summed E-state index contributed by atoms with van der Waals surface area (Å²) in [5.41, 5.74) is 2.85. The summed E-state index contributed by atoms with van der Waals surface area (Å²) in [6, 6.07) is 25.5. The Bertz CT molecular complexity index is 1060. The van der Waals surface area contributed by atoms with Crippen molar-refractivity contribution < 1.29 is 14.6 Å². The van der Waals surface area contributed by atoms with Crippen molar-refractivity contribution in [1.82, 2.24) is 10.6 Å². The highest BCUT2D eigenvalue weighted by atomic mass is 16.5. The number of hydrogen-bond acceptors (Lipinski definition) is 5. The van der Waals surface area contributed by atoms with Gasteiger partial charge in [-0.15, -0.1) is 0 Å². The molecule has 32 heavy (non-hydrogen) atoms. The van der Waals surface area contributed by atoms with E-state index in [-0.39, 0.29) is 5.91 Å². The van der Waals surface area contributed by atoms with E-state index in [9.17, 15) is 9.90 Å². The summed E-state index contributed by atoms with van der Waals surface area (Å²) < 4.78 is 5.24. The Labute approximate surface area is 188 Å². The maximum absolute atomic E-state index is 12.8. The topological polar surface area (TPSA) is 94.4 Å². The average Bonchev–Trinajstić information content (AvgIpc) is 2.84. The highest BCUT2D eigenvalue weighted by Gasteiger charge is 2.22. The number of ether oxygens (including phenoxy) is 1. The lowest BCUT2D eigenvalue weighted by Crippen LogP contribution is -2.48. The SMILES string of the molecule is COc1cccc(CNC[C@H](O)[C@H](Cc2ccccc2)NC(=O)c2cccc(C#N)c2)c1. The van der Waals surface area contributed by atoms with Crippen molar-refractivity contribution in [3.8, 4) is 11.8 Å². The summed E-state index contributed by atoms with van der Waals surface area (Å²) in [6.45, 7) is 0.859. The molecule has 0 unspecified atom stereocenters. The molecule has 164 valence electrons. The zero-order valence-corrected chi connectivity index (χ0v) is 18.0. The minimum Gasteiger partial charge on any atom is -0.497 e. The number of carbonyl (C=O) groups excluding carboxylic acids is 1. The van der Waals surface area contributed by atoms with Gasteiger partial charge in [-0.1, -0.05) is 48.5 Å². The molecule has 0 aliphatic carbocycles. The van der Waals surface area contributed by atoms with Crippen molar-refractivity contribution in [2.45, 2.75) is 25.1 Å². The molecule has 0 saturated heterocycles. The molecular weight excluding hydrogens is 402 g/mol. The fraction of sp³-hybridized carbons (Fsp3) is 0.231. The molecule has 0 aliphatic rings. The molecule has 3 aromatic carbocycles. The number of hydrogen-bond donors (Lipinski definition) is 3. The maximum atomic E-state index is 12.8. The van der Waals surface area contributed by atoms with Crippen LogP contribution in [0.4, 0.5) is 0 Å². The van der Waals surface area contributed by atoms with Crippen LogP contribution in [-0.2, 0) is 13.0 Å². The zero-order chi connectivity index (χ0) is 22.8. The lowest BCUT2D eigenvalue weighted by Gasteiger charge is -2.25. The Morgan fingerprint density at radius 3 is 2.53 bits per heavy atom. The summed E-state index contributed by atoms with van der Waals surface area (Å²) >= 11 is 0. The van der Waals surface area contributed by atoms with Gasteiger partial charge in [-0.3, -0.25) is 4.79 Å². The largest absolute Gasteiger partial charge is 0.497 e. The van der Waals surface area contributed by atoms with E-state index < -0.39 is 12.1 Å². The van der Waals surface area contributed by atoms with Crippen molar-refractivity contribution in [2.24, 2.45) is 0 Å². The van der Waals surface area contributed by atoms with E-state index in [1.807, 2.05) is 60.7 Å². The van der Waals surface area contributed by atoms with Crippen LogP contribution in [0.15, 0.2) is 78.9 Å². The standard InChI is InChI=1S/C26H27N3O3/c1-32-23-12-6-10-21(14-23)17-28-18-25(30)24(15-19-7-3-2-4-8-19)29-26(31)22-11-5-9-20(13-22)16-27/h2-14,24-25,28,30H,15,17-18H2,1H3,(H,29,31)/t24-,25-/m0/s1. The van der Waals surface area contributed by atoms with Gasteiger partial charge in [0.05, 0.1) is 30.9 Å². The van der Waals surface area contributed by atoms with Gasteiger partial charge < -0.3 is 20.5 Å². The molecule has 0 radical (unpaired) electrons. The zero-order valence-electron chi connectivity index (χ0n) is 18.0. The number of rotatable bonds is 10. The second-order valence-corrected chi connectivity index (χ2v) is 7.51. The van der Waals surface area contributed by atoms with Crippen molar-refractivity contribution >= 4 is 5.91 Å². The predicted molar refractivity (Wildman–Crippen MR) is 123 cm³/mol. The van der Waals surface area contributed by atoms with Gasteiger partial charge in [-0.25, -0.2) is 0 Å². The molecule has 0 saturated carbocycles. The van der Waals surface area contributed by atoms with Crippen LogP contribution in [0, 0.1) is 11.3 Å². The van der Waals surface area contributed by atoms with E-state index in [0.29, 0.717) is 30.6 Å². The van der Waals surface area contributed by atoms with E-state index >= 15 is 0 Å². The summed E-state index contributed by atoms with van der Waals surface area (Å²) in [5, 5.41) is 26.2. The molecule has 0 aliphatic heterocycles. The second kappa shape index (κ2) is 11.7. The molecule has 0 heterocycles. The van der Waals surface area contributed by atoms with E-state index in [1.165, 1.54) is 0 Å². The molecule has 0 aromatic heterocycles. The molecule has 1 amide bonds. The fourth-order valence-electron chi connectivity index (χ4n) is 3.42. The molecule has 0 spiro atoms. The Morgan fingerprint density at radius 2 is 1.78 bits per heavy atom. The number of benzene rings is 3. The number of methoxy groups -OCH3 is 1. The van der Waals surface area contributed by atoms with Crippen molar-refractivity contribution in [1.29, 1.82) is 5.26 Å². The summed E-state index contributed by atoms with van der Waals surface area (Å²) in [7, 11) is 1.62. The third kappa shape index (κ3) is 6.67. The van der Waals surface area contributed by atoms with Gasteiger partial charge in [0, 0.05) is 18.7 Å². The first-order chi connectivity index (χ1) is 15.6. The van der Waals surface area contributed by atoms with Crippen LogP contribution in [0.1, 0.15) is 27.0 Å². The van der Waals surface area contributed by atoms with Gasteiger partial charge in [0.25, 0.3) is 5.91 Å². The molecule has 3 aromatic rings. The van der Waals surface area contributed by atoms with Gasteiger partial charge in [0.1, 0.15) is 5.75 Å². The van der Waals surface area contributed by atoms with Crippen molar-refractivity contribution in [3.05, 3.63) is 101 Å². The molecule has 3 N–H and O–H groups in total. The van der Waals surface area contributed by atoms with E-state index in [0.717, 1.165) is 16.9 Å². The molecule has 3 rings (SSSR count). The smallest absolute Gasteiger partial charge is 0.251 e. The lowest BCUT2D eigenvalue weighted by molar-refractivity contribution is 0.0830. The number of amides is 1. The first-order valence-electron chi connectivity index (χ1n) is 10.5. The van der Waals surface area contributed by atoms with Gasteiger partial charge in [0.15, 0.2) is 0 Å². The Morgan fingerprint density at radius 1 is 1.03 bits per heavy atom. The van der Waals surface area contributed by atoms with Gasteiger partial charge >= 0.3 is 0 Å². The monoisotopic (exact) mass is 429 g/mol. The second-order valence-electron chi connectivity index (χ2n) is 7.51. The van der Waals surface area contributed by atoms with Crippen LogP contribution in [0.25, 0.3) is 0 Å². The Balaban J connectivity index is 1.67. The van der Waals surface area contributed by atoms with Crippen LogP contribution < -0.4 is 15.4 Å². The first kappa shape index (κ1) is 23.0. The number of aliphatic hydroxyl groups excluding tert-OH is 1. The van der Waals surface area contributed by atoms with Crippen LogP contribution >= 0.6 is 0 Å². The highest BCUT2D eigenvalue weighted by molar-refractivity contribution is 5.94. The number of nitrogens with one attached hydrogen (secondary N) is 2. The minimum absolute atomic E-state index is 0.299.